The predicted octanol–water partition coefficient (Wildman–Crippen LogP) is 2.90. The number of hydrogen-bond acceptors (Lipinski definition) is 2. The Hall–Kier alpha value is -0.840. The van der Waals surface area contributed by atoms with Crippen molar-refractivity contribution in [2.45, 2.75) is 31.8 Å². The summed E-state index contributed by atoms with van der Waals surface area (Å²) in [4.78, 5) is -1.08. The van der Waals surface area contributed by atoms with Gasteiger partial charge in [0.1, 0.15) is 10.3 Å². The number of alkyl halides is 4. The van der Waals surface area contributed by atoms with Crippen molar-refractivity contribution in [2.75, 3.05) is 6.54 Å². The molecular weight excluding hydrogens is 253 g/mol. The van der Waals surface area contributed by atoms with Gasteiger partial charge in [0, 0.05) is 17.9 Å². The van der Waals surface area contributed by atoms with Crippen molar-refractivity contribution in [1.82, 2.24) is 5.32 Å². The summed E-state index contributed by atoms with van der Waals surface area (Å²) >= 11 is 6.05. The molecule has 1 aliphatic carbocycles. The Kier molecular flexibility index (Phi) is 3.45. The van der Waals surface area contributed by atoms with E-state index in [1.807, 2.05) is 0 Å². The molecule has 0 aliphatic heterocycles. The zero-order valence-electron chi connectivity index (χ0n) is 9.95. The molecule has 2 atom stereocenters. The third-order valence-electron chi connectivity index (χ3n) is 2.94. The highest BCUT2D eigenvalue weighted by Crippen LogP contribution is 2.49. The summed E-state index contributed by atoms with van der Waals surface area (Å²) in [6.07, 6.45) is -2.10. The Bertz CT molecular complexity index is 371. The van der Waals surface area contributed by atoms with Crippen molar-refractivity contribution in [3.63, 3.8) is 0 Å². The van der Waals surface area contributed by atoms with Crippen LogP contribution in [0, 0.1) is 5.41 Å². The van der Waals surface area contributed by atoms with Crippen molar-refractivity contribution in [1.29, 1.82) is 0 Å². The van der Waals surface area contributed by atoms with E-state index < -0.39 is 16.5 Å². The molecule has 0 saturated carbocycles. The summed E-state index contributed by atoms with van der Waals surface area (Å²) in [5.74, 6) is 0. The molecule has 0 radical (unpaired) electrons. The van der Waals surface area contributed by atoms with Crippen LogP contribution in [0.5, 0.6) is 0 Å². The largest absolute Gasteiger partial charge is 0.403 e. The molecule has 1 aliphatic rings. The smallest absolute Gasteiger partial charge is 0.401 e. The molecular formula is C11H16ClF3N2. The fraction of sp³-hybridized carbons (Fsp3) is 0.636. The zero-order valence-corrected chi connectivity index (χ0v) is 10.7. The van der Waals surface area contributed by atoms with Gasteiger partial charge in [-0.2, -0.15) is 13.2 Å². The van der Waals surface area contributed by atoms with Crippen LogP contribution in [0.1, 0.15) is 20.8 Å². The molecule has 0 aromatic heterocycles. The van der Waals surface area contributed by atoms with Gasteiger partial charge >= 0.3 is 6.18 Å². The van der Waals surface area contributed by atoms with Gasteiger partial charge in [0.15, 0.2) is 0 Å². The Morgan fingerprint density at radius 2 is 1.88 bits per heavy atom. The Morgan fingerprint density at radius 3 is 2.29 bits per heavy atom. The molecule has 3 N–H and O–H groups in total. The number of nitrogens with one attached hydrogen (secondary N) is 1. The third kappa shape index (κ3) is 2.39. The van der Waals surface area contributed by atoms with Gasteiger partial charge in [-0.25, -0.2) is 0 Å². The fourth-order valence-corrected chi connectivity index (χ4v) is 1.86. The summed E-state index contributed by atoms with van der Waals surface area (Å²) in [5.41, 5.74) is 3.55. The minimum absolute atomic E-state index is 0.0145. The Labute approximate surface area is 104 Å². The molecule has 0 aromatic carbocycles. The van der Waals surface area contributed by atoms with Crippen LogP contribution < -0.4 is 11.1 Å². The average molecular weight is 269 g/mol. The summed E-state index contributed by atoms with van der Waals surface area (Å²) in [7, 11) is 0. The van der Waals surface area contributed by atoms with Gasteiger partial charge in [0.2, 0.25) is 0 Å². The lowest BCUT2D eigenvalue weighted by Gasteiger charge is -2.39. The van der Waals surface area contributed by atoms with Crippen molar-refractivity contribution >= 4 is 11.6 Å². The van der Waals surface area contributed by atoms with Crippen LogP contribution >= 0.6 is 11.6 Å². The summed E-state index contributed by atoms with van der Waals surface area (Å²) in [6, 6.07) is 0. The Morgan fingerprint density at radius 1 is 1.35 bits per heavy atom. The lowest BCUT2D eigenvalue weighted by Crippen LogP contribution is -2.46. The molecule has 0 bridgehead atoms. The van der Waals surface area contributed by atoms with Crippen LogP contribution in [0.15, 0.2) is 23.5 Å². The van der Waals surface area contributed by atoms with E-state index in [2.05, 4.69) is 5.32 Å². The highest BCUT2D eigenvalue weighted by Gasteiger charge is 2.55. The second-order valence-electron chi connectivity index (χ2n) is 4.46. The molecule has 0 fully saturated rings. The maximum absolute atomic E-state index is 13.1. The molecule has 98 valence electrons. The molecule has 6 heteroatoms. The molecule has 0 amide bonds. The lowest BCUT2D eigenvalue weighted by molar-refractivity contribution is -0.189. The summed E-state index contributed by atoms with van der Waals surface area (Å²) in [5, 5.41) is 2.71. The summed E-state index contributed by atoms with van der Waals surface area (Å²) in [6.45, 7) is 4.76. The van der Waals surface area contributed by atoms with Gasteiger partial charge in [-0.3, -0.25) is 0 Å². The highest BCUT2D eigenvalue weighted by atomic mass is 35.5. The predicted molar refractivity (Wildman–Crippen MR) is 62.5 cm³/mol. The summed E-state index contributed by atoms with van der Waals surface area (Å²) < 4.78 is 39.3. The topological polar surface area (TPSA) is 38.0 Å². The van der Waals surface area contributed by atoms with E-state index in [1.165, 1.54) is 6.08 Å². The first-order valence-electron chi connectivity index (χ1n) is 5.26. The molecule has 1 rings (SSSR count). The molecule has 2 nitrogen and oxygen atoms in total. The molecule has 0 spiro atoms. The first-order valence-corrected chi connectivity index (χ1v) is 5.64. The van der Waals surface area contributed by atoms with E-state index in [4.69, 9.17) is 17.3 Å². The normalized spacial score (nSPS) is 34.1. The quantitative estimate of drug-likeness (QED) is 0.756. The van der Waals surface area contributed by atoms with E-state index in [9.17, 15) is 13.2 Å². The first-order chi connectivity index (χ1) is 7.54. The number of allylic oxidation sites excluding steroid dienone is 2. The van der Waals surface area contributed by atoms with Gasteiger partial charge in [-0.05, 0) is 32.9 Å². The van der Waals surface area contributed by atoms with Crippen LogP contribution in [0.3, 0.4) is 0 Å². The van der Waals surface area contributed by atoms with Crippen LogP contribution in [0.25, 0.3) is 0 Å². The minimum Gasteiger partial charge on any atom is -0.401 e. The maximum Gasteiger partial charge on any atom is 0.403 e. The SMILES string of the molecule is CCNC1=CC(C)(Cl)C(N)=CC1(C)C(F)(F)F. The third-order valence-corrected chi connectivity index (χ3v) is 3.27. The average Bonchev–Trinajstić information content (AvgIpc) is 2.12. The standard InChI is InChI=1S/C11H16ClF3N2/c1-4-17-8-6-10(3,12)7(16)5-9(8,2)11(13,14)15/h5-6,17H,4,16H2,1-3H3. The van der Waals surface area contributed by atoms with Crippen LogP contribution in [0.2, 0.25) is 0 Å². The second kappa shape index (κ2) is 4.12. The second-order valence-corrected chi connectivity index (χ2v) is 5.25. The van der Waals surface area contributed by atoms with E-state index in [0.717, 1.165) is 13.0 Å². The first kappa shape index (κ1) is 14.2. The fourth-order valence-electron chi connectivity index (χ4n) is 1.69. The van der Waals surface area contributed by atoms with E-state index in [1.54, 1.807) is 13.8 Å². The van der Waals surface area contributed by atoms with E-state index in [-0.39, 0.29) is 11.4 Å². The molecule has 0 heterocycles. The molecule has 0 saturated heterocycles. The highest BCUT2D eigenvalue weighted by molar-refractivity contribution is 6.27. The van der Waals surface area contributed by atoms with Crippen molar-refractivity contribution < 1.29 is 13.2 Å². The van der Waals surface area contributed by atoms with Crippen molar-refractivity contribution in [3.8, 4) is 0 Å². The van der Waals surface area contributed by atoms with E-state index in [0.29, 0.717) is 6.54 Å². The minimum atomic E-state index is -4.42. The van der Waals surface area contributed by atoms with Crippen LogP contribution in [-0.2, 0) is 0 Å². The number of nitrogens with two attached hydrogens (primary N) is 1. The monoisotopic (exact) mass is 268 g/mol. The molecule has 17 heavy (non-hydrogen) atoms. The Balaban J connectivity index is 3.31. The lowest BCUT2D eigenvalue weighted by atomic mass is 9.78. The van der Waals surface area contributed by atoms with Gasteiger partial charge in [-0.1, -0.05) is 0 Å². The van der Waals surface area contributed by atoms with Crippen LogP contribution in [0.4, 0.5) is 13.2 Å². The maximum atomic E-state index is 13.1. The van der Waals surface area contributed by atoms with E-state index >= 15 is 0 Å². The van der Waals surface area contributed by atoms with Gasteiger partial charge < -0.3 is 11.1 Å². The van der Waals surface area contributed by atoms with Gasteiger partial charge in [0.05, 0.1) is 0 Å². The molecule has 2 unspecified atom stereocenters. The van der Waals surface area contributed by atoms with Crippen molar-refractivity contribution in [3.05, 3.63) is 23.5 Å². The van der Waals surface area contributed by atoms with Crippen molar-refractivity contribution in [2.24, 2.45) is 11.1 Å². The zero-order chi connectivity index (χ0) is 13.5. The number of rotatable bonds is 2. The number of hydrogen-bond donors (Lipinski definition) is 2. The van der Waals surface area contributed by atoms with Gasteiger partial charge in [0.25, 0.3) is 0 Å². The van der Waals surface area contributed by atoms with Gasteiger partial charge in [-0.15, -0.1) is 11.6 Å². The molecule has 0 aromatic rings. The van der Waals surface area contributed by atoms with Crippen LogP contribution in [-0.4, -0.2) is 17.6 Å². The number of halogens is 4.